The molecule has 0 atom stereocenters. The molecular formula is C36H28ClN3O5. The average molecular weight is 618 g/mol. The summed E-state index contributed by atoms with van der Waals surface area (Å²) in [6.45, 7) is 4.66. The molecule has 0 unspecified atom stereocenters. The number of pyridine rings is 2. The second kappa shape index (κ2) is 14.3. The van der Waals surface area contributed by atoms with Crippen LogP contribution in [0.4, 0.5) is 0 Å². The van der Waals surface area contributed by atoms with Gasteiger partial charge in [-0.2, -0.15) is 5.26 Å². The molecule has 0 saturated heterocycles. The first-order chi connectivity index (χ1) is 21.9. The van der Waals surface area contributed by atoms with E-state index in [1.165, 1.54) is 18.5 Å². The highest BCUT2D eigenvalue weighted by Crippen LogP contribution is 2.36. The van der Waals surface area contributed by atoms with Crippen LogP contribution in [0.25, 0.3) is 11.1 Å². The fraction of sp³-hybridized carbons (Fsp3) is 0.139. The maximum Gasteiger partial charge on any atom is 0.153 e. The summed E-state index contributed by atoms with van der Waals surface area (Å²) >= 11 is 6.48. The highest BCUT2D eigenvalue weighted by Gasteiger charge is 2.15. The number of hydrogen-bond acceptors (Lipinski definition) is 8. The zero-order chi connectivity index (χ0) is 31.8. The van der Waals surface area contributed by atoms with Gasteiger partial charge in [0.05, 0.1) is 21.8 Å². The van der Waals surface area contributed by atoms with Gasteiger partial charge in [-0.1, -0.05) is 41.9 Å². The molecule has 5 rings (SSSR count). The van der Waals surface area contributed by atoms with Gasteiger partial charge in [0.1, 0.15) is 43.1 Å². The minimum Gasteiger partial charge on any atom is -0.488 e. The molecule has 0 amide bonds. The van der Waals surface area contributed by atoms with Gasteiger partial charge in [-0.25, -0.2) is 0 Å². The maximum absolute atomic E-state index is 11.7. The second-order valence-electron chi connectivity index (χ2n) is 10.2. The Kier molecular flexibility index (Phi) is 9.83. The van der Waals surface area contributed by atoms with Gasteiger partial charge in [0.15, 0.2) is 12.6 Å². The Bertz CT molecular complexity index is 1900. The van der Waals surface area contributed by atoms with Crippen molar-refractivity contribution in [1.82, 2.24) is 9.97 Å². The third-order valence-corrected chi connectivity index (χ3v) is 7.57. The van der Waals surface area contributed by atoms with E-state index >= 15 is 0 Å². The van der Waals surface area contributed by atoms with Crippen LogP contribution in [0.2, 0.25) is 5.02 Å². The summed E-state index contributed by atoms with van der Waals surface area (Å²) in [6, 6.07) is 22.2. The molecule has 0 spiro atoms. The van der Waals surface area contributed by atoms with Crippen molar-refractivity contribution in [3.8, 4) is 34.4 Å². The molecule has 2 aromatic heterocycles. The number of benzene rings is 3. The van der Waals surface area contributed by atoms with E-state index in [9.17, 15) is 9.59 Å². The number of carbonyl (C=O) groups excluding carboxylic acids is 2. The van der Waals surface area contributed by atoms with Crippen LogP contribution in [0.3, 0.4) is 0 Å². The summed E-state index contributed by atoms with van der Waals surface area (Å²) in [4.78, 5) is 31.0. The van der Waals surface area contributed by atoms with Gasteiger partial charge in [-0.15, -0.1) is 0 Å². The summed E-state index contributed by atoms with van der Waals surface area (Å²) in [5, 5.41) is 9.41. The molecule has 0 saturated carbocycles. The van der Waals surface area contributed by atoms with Gasteiger partial charge in [0.25, 0.3) is 0 Å². The number of aldehydes is 2. The Hall–Kier alpha value is -5.52. The first kappa shape index (κ1) is 30.9. The molecule has 9 heteroatoms. The first-order valence-corrected chi connectivity index (χ1v) is 14.4. The summed E-state index contributed by atoms with van der Waals surface area (Å²) in [7, 11) is 0. The summed E-state index contributed by atoms with van der Waals surface area (Å²) in [6.07, 6.45) is 6.02. The van der Waals surface area contributed by atoms with E-state index in [1.54, 1.807) is 30.5 Å². The minimum atomic E-state index is 0.108. The Morgan fingerprint density at radius 2 is 1.53 bits per heavy atom. The summed E-state index contributed by atoms with van der Waals surface area (Å²) in [5.74, 6) is 1.41. The van der Waals surface area contributed by atoms with Crippen molar-refractivity contribution in [3.05, 3.63) is 135 Å². The van der Waals surface area contributed by atoms with Crippen molar-refractivity contribution in [2.45, 2.75) is 33.7 Å². The van der Waals surface area contributed by atoms with Crippen molar-refractivity contribution in [3.63, 3.8) is 0 Å². The number of carbonyl (C=O) groups is 2. The lowest BCUT2D eigenvalue weighted by atomic mass is 9.93. The molecule has 0 aliphatic carbocycles. The molecule has 0 aliphatic heterocycles. The lowest BCUT2D eigenvalue weighted by Gasteiger charge is -2.17. The molecule has 224 valence electrons. The standard InChI is InChI=1S/C36H28ClN3O5/c1-23-28(21-44-36-13-35(29(19-42)12-33(36)37)43-20-27-11-26(14-38)15-39-16-27)5-3-6-31(23)32-7-4-8-34(24(32)2)45-22-30-10-9-25(18-41)17-40-30/h3-13,15-19H,20-22H2,1-2H3. The summed E-state index contributed by atoms with van der Waals surface area (Å²) < 4.78 is 18.1. The number of aromatic nitrogens is 2. The molecule has 0 radical (unpaired) electrons. The molecule has 3 aromatic carbocycles. The number of rotatable bonds is 12. The van der Waals surface area contributed by atoms with Crippen LogP contribution in [-0.2, 0) is 19.8 Å². The van der Waals surface area contributed by atoms with Crippen LogP contribution in [0.1, 0.15) is 54.2 Å². The van der Waals surface area contributed by atoms with E-state index in [1.807, 2.05) is 50.2 Å². The number of hydrogen-bond donors (Lipinski definition) is 0. The molecule has 0 bridgehead atoms. The largest absolute Gasteiger partial charge is 0.488 e. The van der Waals surface area contributed by atoms with Gasteiger partial charge in [0, 0.05) is 35.8 Å². The molecule has 0 fully saturated rings. The van der Waals surface area contributed by atoms with E-state index in [2.05, 4.69) is 16.0 Å². The quantitative estimate of drug-likeness (QED) is 0.131. The molecule has 2 heterocycles. The predicted molar refractivity (Wildman–Crippen MR) is 170 cm³/mol. The number of nitrogens with zero attached hydrogens (tertiary/aromatic N) is 3. The SMILES string of the molecule is Cc1c(COc2cc(OCc3cncc(C#N)c3)c(C=O)cc2Cl)cccc1-c1cccc(OCc2ccc(C=O)cn2)c1C. The van der Waals surface area contributed by atoms with Gasteiger partial charge in [-0.05, 0) is 72.0 Å². The second-order valence-corrected chi connectivity index (χ2v) is 10.6. The fourth-order valence-corrected chi connectivity index (χ4v) is 4.99. The number of nitriles is 1. The number of halogens is 1. The Labute approximate surface area is 265 Å². The van der Waals surface area contributed by atoms with Crippen LogP contribution >= 0.6 is 11.6 Å². The van der Waals surface area contributed by atoms with Gasteiger partial charge in [-0.3, -0.25) is 19.6 Å². The molecule has 45 heavy (non-hydrogen) atoms. The predicted octanol–water partition coefficient (Wildman–Crippen LogP) is 7.65. The maximum atomic E-state index is 11.7. The molecule has 0 N–H and O–H groups in total. The third-order valence-electron chi connectivity index (χ3n) is 7.27. The third kappa shape index (κ3) is 7.35. The zero-order valence-corrected chi connectivity index (χ0v) is 25.4. The van der Waals surface area contributed by atoms with E-state index in [-0.39, 0.29) is 30.4 Å². The minimum absolute atomic E-state index is 0.108. The van der Waals surface area contributed by atoms with Crippen LogP contribution in [0, 0.1) is 25.2 Å². The van der Waals surface area contributed by atoms with E-state index in [0.29, 0.717) is 34.5 Å². The lowest BCUT2D eigenvalue weighted by Crippen LogP contribution is -2.03. The monoisotopic (exact) mass is 617 g/mol. The topological polar surface area (TPSA) is 111 Å². The van der Waals surface area contributed by atoms with Crippen LogP contribution < -0.4 is 14.2 Å². The van der Waals surface area contributed by atoms with Crippen LogP contribution in [0.15, 0.2) is 85.3 Å². The van der Waals surface area contributed by atoms with E-state index in [4.69, 9.17) is 31.1 Å². The molecule has 5 aromatic rings. The van der Waals surface area contributed by atoms with E-state index in [0.717, 1.165) is 45.5 Å². The van der Waals surface area contributed by atoms with Crippen molar-refractivity contribution in [1.29, 1.82) is 5.26 Å². The van der Waals surface area contributed by atoms with Gasteiger partial charge >= 0.3 is 0 Å². The van der Waals surface area contributed by atoms with E-state index < -0.39 is 0 Å². The molecular weight excluding hydrogens is 590 g/mol. The average Bonchev–Trinajstić information content (AvgIpc) is 3.07. The fourth-order valence-electron chi connectivity index (χ4n) is 4.76. The Morgan fingerprint density at radius 3 is 2.27 bits per heavy atom. The van der Waals surface area contributed by atoms with Crippen LogP contribution in [0.5, 0.6) is 17.2 Å². The van der Waals surface area contributed by atoms with Gasteiger partial charge < -0.3 is 14.2 Å². The molecule has 8 nitrogen and oxygen atoms in total. The number of ether oxygens (including phenoxy) is 3. The Morgan fingerprint density at radius 1 is 0.778 bits per heavy atom. The zero-order valence-electron chi connectivity index (χ0n) is 24.6. The smallest absolute Gasteiger partial charge is 0.153 e. The summed E-state index contributed by atoms with van der Waals surface area (Å²) in [5.41, 5.74) is 7.64. The van der Waals surface area contributed by atoms with Crippen molar-refractivity contribution >= 4 is 24.2 Å². The van der Waals surface area contributed by atoms with Crippen molar-refractivity contribution < 1.29 is 23.8 Å². The highest BCUT2D eigenvalue weighted by molar-refractivity contribution is 6.32. The van der Waals surface area contributed by atoms with Crippen molar-refractivity contribution in [2.24, 2.45) is 0 Å². The van der Waals surface area contributed by atoms with Gasteiger partial charge in [0.2, 0.25) is 0 Å². The van der Waals surface area contributed by atoms with Crippen LogP contribution in [-0.4, -0.2) is 22.5 Å². The first-order valence-electron chi connectivity index (χ1n) is 14.0. The normalized spacial score (nSPS) is 10.5. The highest BCUT2D eigenvalue weighted by atomic mass is 35.5. The van der Waals surface area contributed by atoms with Crippen molar-refractivity contribution in [2.75, 3.05) is 0 Å². The lowest BCUT2D eigenvalue weighted by molar-refractivity contribution is 0.111. The Balaban J connectivity index is 1.32. The molecule has 0 aliphatic rings.